The molecule has 88 valence electrons. The monoisotopic (exact) mass is 222 g/mol. The normalized spacial score (nSPS) is 9.88. The Balaban J connectivity index is 2.22. The van der Waals surface area contributed by atoms with Crippen molar-refractivity contribution in [3.63, 3.8) is 0 Å². The molecule has 0 atom stereocenters. The van der Waals surface area contributed by atoms with Gasteiger partial charge in [-0.25, -0.2) is 9.97 Å². The molecule has 0 spiro atoms. The minimum absolute atomic E-state index is 0.0696. The van der Waals surface area contributed by atoms with Crippen molar-refractivity contribution in [2.24, 2.45) is 0 Å². The summed E-state index contributed by atoms with van der Waals surface area (Å²) in [5.74, 6) is 1.55. The highest BCUT2D eigenvalue weighted by Crippen LogP contribution is 2.00. The van der Waals surface area contributed by atoms with Crippen molar-refractivity contribution in [1.29, 1.82) is 0 Å². The van der Waals surface area contributed by atoms with E-state index in [9.17, 15) is 4.79 Å². The van der Waals surface area contributed by atoms with Crippen molar-refractivity contribution in [3.8, 4) is 0 Å². The summed E-state index contributed by atoms with van der Waals surface area (Å²) < 4.78 is 0. The summed E-state index contributed by atoms with van der Waals surface area (Å²) in [6.45, 7) is 5.19. The lowest BCUT2D eigenvalue weighted by Crippen LogP contribution is -2.26. The molecule has 5 heteroatoms. The van der Waals surface area contributed by atoms with Gasteiger partial charge in [0.05, 0.1) is 0 Å². The van der Waals surface area contributed by atoms with Crippen LogP contribution in [-0.4, -0.2) is 29.0 Å². The van der Waals surface area contributed by atoms with E-state index in [1.54, 1.807) is 12.3 Å². The van der Waals surface area contributed by atoms with Crippen LogP contribution < -0.4 is 10.6 Å². The van der Waals surface area contributed by atoms with Crippen LogP contribution in [-0.2, 0) is 4.79 Å². The largest absolute Gasteiger partial charge is 0.369 e. The van der Waals surface area contributed by atoms with Gasteiger partial charge in [0.25, 0.3) is 0 Å². The Morgan fingerprint density at radius 2 is 2.25 bits per heavy atom. The van der Waals surface area contributed by atoms with Crippen LogP contribution in [0.25, 0.3) is 0 Å². The van der Waals surface area contributed by atoms with E-state index in [1.165, 1.54) is 0 Å². The Morgan fingerprint density at radius 3 is 2.94 bits per heavy atom. The van der Waals surface area contributed by atoms with Crippen LogP contribution in [0.4, 0.5) is 5.82 Å². The van der Waals surface area contributed by atoms with Gasteiger partial charge in [-0.3, -0.25) is 4.79 Å². The zero-order valence-electron chi connectivity index (χ0n) is 9.79. The van der Waals surface area contributed by atoms with Gasteiger partial charge in [0.1, 0.15) is 11.6 Å². The van der Waals surface area contributed by atoms with Gasteiger partial charge < -0.3 is 10.6 Å². The summed E-state index contributed by atoms with van der Waals surface area (Å²) in [5, 5.41) is 5.90. The van der Waals surface area contributed by atoms with Crippen LogP contribution in [0.5, 0.6) is 0 Å². The molecule has 2 N–H and O–H groups in total. The molecule has 0 radical (unpaired) electrons. The molecule has 16 heavy (non-hydrogen) atoms. The fourth-order valence-electron chi connectivity index (χ4n) is 1.21. The number of rotatable bonds is 6. The third-order valence-electron chi connectivity index (χ3n) is 2.01. The van der Waals surface area contributed by atoms with Crippen LogP contribution in [0.15, 0.2) is 12.3 Å². The number of anilines is 1. The number of hydrogen-bond acceptors (Lipinski definition) is 4. The molecule has 0 unspecified atom stereocenters. The van der Waals surface area contributed by atoms with Crippen molar-refractivity contribution in [2.45, 2.75) is 26.7 Å². The molecule has 5 nitrogen and oxygen atoms in total. The van der Waals surface area contributed by atoms with Crippen LogP contribution in [0.1, 0.15) is 25.6 Å². The Kier molecular flexibility index (Phi) is 5.25. The summed E-state index contributed by atoms with van der Waals surface area (Å²) in [4.78, 5) is 19.4. The van der Waals surface area contributed by atoms with Crippen molar-refractivity contribution < 1.29 is 4.79 Å². The molecule has 0 saturated heterocycles. The smallest absolute Gasteiger partial charge is 0.221 e. The van der Waals surface area contributed by atoms with Crippen LogP contribution in [0.2, 0.25) is 0 Å². The maximum atomic E-state index is 11.3. The lowest BCUT2D eigenvalue weighted by molar-refractivity contribution is -0.120. The molecule has 1 amide bonds. The van der Waals surface area contributed by atoms with Gasteiger partial charge in [-0.15, -0.1) is 0 Å². The van der Waals surface area contributed by atoms with E-state index in [0.29, 0.717) is 13.0 Å². The van der Waals surface area contributed by atoms with E-state index < -0.39 is 0 Å². The molecule has 0 saturated carbocycles. The zero-order chi connectivity index (χ0) is 11.8. The molecule has 0 fully saturated rings. The maximum Gasteiger partial charge on any atom is 0.221 e. The Hall–Kier alpha value is -1.65. The third-order valence-corrected chi connectivity index (χ3v) is 2.01. The summed E-state index contributed by atoms with van der Waals surface area (Å²) in [5.41, 5.74) is 0. The molecule has 1 aromatic heterocycles. The summed E-state index contributed by atoms with van der Waals surface area (Å²) in [6.07, 6.45) is 3.12. The minimum atomic E-state index is 0.0696. The van der Waals surface area contributed by atoms with Crippen molar-refractivity contribution in [1.82, 2.24) is 15.3 Å². The molecular weight excluding hydrogens is 204 g/mol. The number of amides is 1. The first-order chi connectivity index (χ1) is 7.72. The first-order valence-electron chi connectivity index (χ1n) is 5.52. The van der Waals surface area contributed by atoms with Crippen molar-refractivity contribution >= 4 is 11.7 Å². The van der Waals surface area contributed by atoms with Gasteiger partial charge in [-0.05, 0) is 19.4 Å². The number of carbonyl (C=O) groups is 1. The topological polar surface area (TPSA) is 66.9 Å². The predicted molar refractivity (Wildman–Crippen MR) is 63.2 cm³/mol. The molecule has 0 aliphatic heterocycles. The highest BCUT2D eigenvalue weighted by molar-refractivity contribution is 5.76. The van der Waals surface area contributed by atoms with Gasteiger partial charge in [-0.1, -0.05) is 6.92 Å². The Morgan fingerprint density at radius 1 is 1.44 bits per heavy atom. The van der Waals surface area contributed by atoms with Crippen LogP contribution in [0.3, 0.4) is 0 Å². The standard InChI is InChI=1S/C11H18N4O/c1-3-6-14-11(16)5-8-13-10-4-7-12-9(2)15-10/h4,7H,3,5-6,8H2,1-2H3,(H,14,16)(H,12,13,15). The quantitative estimate of drug-likeness (QED) is 0.756. The van der Waals surface area contributed by atoms with E-state index in [-0.39, 0.29) is 5.91 Å². The second-order valence-electron chi connectivity index (χ2n) is 3.52. The van der Waals surface area contributed by atoms with Crippen molar-refractivity contribution in [3.05, 3.63) is 18.1 Å². The number of nitrogens with one attached hydrogen (secondary N) is 2. The number of hydrogen-bond donors (Lipinski definition) is 2. The third kappa shape index (κ3) is 4.72. The Labute approximate surface area is 95.7 Å². The number of aromatic nitrogens is 2. The highest BCUT2D eigenvalue weighted by atomic mass is 16.1. The predicted octanol–water partition coefficient (Wildman–Crippen LogP) is 1.11. The summed E-state index contributed by atoms with van der Waals surface area (Å²) >= 11 is 0. The summed E-state index contributed by atoms with van der Waals surface area (Å²) in [7, 11) is 0. The van der Waals surface area contributed by atoms with Gasteiger partial charge in [0.15, 0.2) is 0 Å². The number of aryl methyl sites for hydroxylation is 1. The second kappa shape index (κ2) is 6.76. The first-order valence-corrected chi connectivity index (χ1v) is 5.52. The zero-order valence-corrected chi connectivity index (χ0v) is 9.79. The van der Waals surface area contributed by atoms with Gasteiger partial charge in [-0.2, -0.15) is 0 Å². The average Bonchev–Trinajstić information content (AvgIpc) is 2.26. The SMILES string of the molecule is CCCNC(=O)CCNc1ccnc(C)n1. The molecule has 1 rings (SSSR count). The Bertz CT molecular complexity index is 341. The first kappa shape index (κ1) is 12.4. The van der Waals surface area contributed by atoms with Crippen LogP contribution >= 0.6 is 0 Å². The molecule has 0 bridgehead atoms. The maximum absolute atomic E-state index is 11.3. The second-order valence-corrected chi connectivity index (χ2v) is 3.52. The van der Waals surface area contributed by atoms with Gasteiger partial charge >= 0.3 is 0 Å². The molecule has 0 aliphatic rings. The lowest BCUT2D eigenvalue weighted by Gasteiger charge is -2.06. The molecular formula is C11H18N4O. The minimum Gasteiger partial charge on any atom is -0.369 e. The van der Waals surface area contributed by atoms with E-state index in [4.69, 9.17) is 0 Å². The molecule has 1 aromatic rings. The molecule has 1 heterocycles. The van der Waals surface area contributed by atoms with Crippen LogP contribution in [0, 0.1) is 6.92 Å². The fraction of sp³-hybridized carbons (Fsp3) is 0.545. The highest BCUT2D eigenvalue weighted by Gasteiger charge is 2.00. The fourth-order valence-corrected chi connectivity index (χ4v) is 1.21. The van der Waals surface area contributed by atoms with E-state index >= 15 is 0 Å². The number of carbonyl (C=O) groups excluding carboxylic acids is 1. The van der Waals surface area contributed by atoms with E-state index in [1.807, 2.05) is 13.8 Å². The van der Waals surface area contributed by atoms with Gasteiger partial charge in [0, 0.05) is 25.7 Å². The molecule has 0 aromatic carbocycles. The van der Waals surface area contributed by atoms with Gasteiger partial charge in [0.2, 0.25) is 5.91 Å². The summed E-state index contributed by atoms with van der Waals surface area (Å²) in [6, 6.07) is 1.79. The number of nitrogens with zero attached hydrogens (tertiary/aromatic N) is 2. The van der Waals surface area contributed by atoms with E-state index in [0.717, 1.165) is 24.6 Å². The van der Waals surface area contributed by atoms with E-state index in [2.05, 4.69) is 20.6 Å². The average molecular weight is 222 g/mol. The molecule has 0 aliphatic carbocycles. The van der Waals surface area contributed by atoms with Crippen molar-refractivity contribution in [2.75, 3.05) is 18.4 Å². The lowest BCUT2D eigenvalue weighted by atomic mass is 10.3.